The lowest BCUT2D eigenvalue weighted by atomic mass is 10.1. The van der Waals surface area contributed by atoms with Crippen molar-refractivity contribution in [1.29, 1.82) is 0 Å². The number of nitrogens with zero attached hydrogens (tertiary/aromatic N) is 1. The van der Waals surface area contributed by atoms with Crippen LogP contribution in [0.4, 0.5) is 0 Å². The largest absolute Gasteiger partial charge is 0.462 e. The molecule has 2 aromatic rings. The van der Waals surface area contributed by atoms with Gasteiger partial charge in [0.1, 0.15) is 30.1 Å². The predicted molar refractivity (Wildman–Crippen MR) is 128 cm³/mol. The summed E-state index contributed by atoms with van der Waals surface area (Å²) in [6, 6.07) is 8.79. The van der Waals surface area contributed by atoms with E-state index in [2.05, 4.69) is 10.1 Å². The van der Waals surface area contributed by atoms with Gasteiger partial charge in [-0.1, -0.05) is 18.2 Å². The van der Waals surface area contributed by atoms with Crippen molar-refractivity contribution in [1.82, 2.24) is 14.6 Å². The number of nitrogens with one attached hydrogen (secondary N) is 2. The van der Waals surface area contributed by atoms with Gasteiger partial charge >= 0.3 is 18.3 Å². The molecule has 3 rings (SSSR count). The molecule has 4 N–H and O–H groups in total. The third kappa shape index (κ3) is 7.07. The molecule has 192 valence electrons. The SMILES string of the molecule is CC(C)OC(=O)[C@H](C)NP(=S)(OC[C@H]1O[C@@H](n2ccc(=O)[nH]c2=O)[C@H](O)[C@@H]1O)Oc1ccccc1. The highest BCUT2D eigenvalue weighted by atomic mass is 32.5. The van der Waals surface area contributed by atoms with Gasteiger partial charge in [-0.3, -0.25) is 19.1 Å². The van der Waals surface area contributed by atoms with Crippen molar-refractivity contribution >= 4 is 24.4 Å². The summed E-state index contributed by atoms with van der Waals surface area (Å²) in [6.45, 7) is 1.23. The zero-order chi connectivity index (χ0) is 25.8. The standard InChI is InChI=1S/C21H28N3O9PS/c1-12(2)31-20(28)13(3)23-34(35,33-14-7-5-4-6-8-14)30-11-15-17(26)18(27)19(32-15)24-10-9-16(25)22-21(24)29/h4-10,12-13,15,17-19,26-27H,11H2,1-3H3,(H,23,35)(H,22,25,29)/t13-,15+,17+,18+,19+,34?/m0/s1. The molecular weight excluding hydrogens is 501 g/mol. The van der Waals surface area contributed by atoms with Crippen molar-refractivity contribution in [2.75, 3.05) is 6.61 Å². The summed E-state index contributed by atoms with van der Waals surface area (Å²) in [5.41, 5.74) is -1.43. The molecule has 1 aromatic heterocycles. The fourth-order valence-corrected chi connectivity index (χ4v) is 5.65. The Morgan fingerprint density at radius 3 is 2.51 bits per heavy atom. The maximum Gasteiger partial charge on any atom is 0.330 e. The van der Waals surface area contributed by atoms with E-state index in [9.17, 15) is 24.6 Å². The first-order chi connectivity index (χ1) is 16.5. The number of esters is 1. The van der Waals surface area contributed by atoms with E-state index < -0.39 is 54.4 Å². The summed E-state index contributed by atoms with van der Waals surface area (Å²) >= 11 is 5.61. The number of aromatic nitrogens is 2. The Morgan fingerprint density at radius 2 is 1.89 bits per heavy atom. The molecule has 35 heavy (non-hydrogen) atoms. The number of carbonyl (C=O) groups is 1. The molecule has 1 aromatic carbocycles. The average molecular weight is 530 g/mol. The molecule has 12 nitrogen and oxygen atoms in total. The quantitative estimate of drug-likeness (QED) is 0.249. The van der Waals surface area contributed by atoms with Gasteiger partial charge in [-0.2, -0.15) is 0 Å². The Balaban J connectivity index is 1.75. The lowest BCUT2D eigenvalue weighted by molar-refractivity contribution is -0.149. The number of H-pyrrole nitrogens is 1. The lowest BCUT2D eigenvalue weighted by Gasteiger charge is -2.28. The van der Waals surface area contributed by atoms with Gasteiger partial charge in [-0.05, 0) is 44.7 Å². The highest BCUT2D eigenvalue weighted by Crippen LogP contribution is 2.46. The molecule has 1 aliphatic heterocycles. The Bertz CT molecular complexity index is 1170. The van der Waals surface area contributed by atoms with Crippen molar-refractivity contribution in [2.24, 2.45) is 0 Å². The smallest absolute Gasteiger partial charge is 0.330 e. The van der Waals surface area contributed by atoms with Gasteiger partial charge < -0.3 is 28.7 Å². The number of carbonyl (C=O) groups excluding carboxylic acids is 1. The molecule has 0 spiro atoms. The van der Waals surface area contributed by atoms with Crippen LogP contribution < -0.4 is 20.9 Å². The molecule has 0 amide bonds. The summed E-state index contributed by atoms with van der Waals surface area (Å²) < 4.78 is 23.5. The molecule has 6 atom stereocenters. The topological polar surface area (TPSA) is 161 Å². The molecule has 1 saturated heterocycles. The van der Waals surface area contributed by atoms with Gasteiger partial charge in [0.2, 0.25) is 0 Å². The van der Waals surface area contributed by atoms with Gasteiger partial charge in [0.05, 0.1) is 12.7 Å². The van der Waals surface area contributed by atoms with E-state index in [4.69, 9.17) is 30.3 Å². The van der Waals surface area contributed by atoms with Crippen molar-refractivity contribution in [3.05, 3.63) is 63.4 Å². The van der Waals surface area contributed by atoms with Gasteiger partial charge in [-0.25, -0.2) is 9.88 Å². The average Bonchev–Trinajstić information content (AvgIpc) is 3.06. The van der Waals surface area contributed by atoms with E-state index in [1.807, 2.05) is 0 Å². The fraction of sp³-hybridized carbons (Fsp3) is 0.476. The molecule has 2 heterocycles. The molecule has 1 fully saturated rings. The van der Waals surface area contributed by atoms with Gasteiger partial charge in [0.25, 0.3) is 5.56 Å². The van der Waals surface area contributed by atoms with Crippen LogP contribution >= 0.6 is 6.64 Å². The van der Waals surface area contributed by atoms with E-state index in [-0.39, 0.29) is 12.7 Å². The third-order valence-electron chi connectivity index (χ3n) is 4.90. The maximum absolute atomic E-state index is 12.3. The number of hydrogen-bond donors (Lipinski definition) is 4. The number of para-hydroxylation sites is 1. The van der Waals surface area contributed by atoms with E-state index in [0.717, 1.165) is 16.8 Å². The molecule has 1 aliphatic rings. The van der Waals surface area contributed by atoms with Crippen LogP contribution in [0, 0.1) is 0 Å². The van der Waals surface area contributed by atoms with E-state index in [1.165, 1.54) is 0 Å². The van der Waals surface area contributed by atoms with Crippen LogP contribution in [0.5, 0.6) is 5.75 Å². The molecule has 1 unspecified atom stereocenters. The van der Waals surface area contributed by atoms with Crippen LogP contribution in [-0.4, -0.2) is 62.8 Å². The highest BCUT2D eigenvalue weighted by molar-refractivity contribution is 8.09. The Kier molecular flexibility index (Phi) is 9.00. The summed E-state index contributed by atoms with van der Waals surface area (Å²) in [4.78, 5) is 37.8. The van der Waals surface area contributed by atoms with E-state index in [0.29, 0.717) is 5.75 Å². The van der Waals surface area contributed by atoms with Crippen molar-refractivity contribution in [3.8, 4) is 5.75 Å². The first-order valence-corrected chi connectivity index (χ1v) is 13.4. The number of hydrogen-bond acceptors (Lipinski definition) is 10. The van der Waals surface area contributed by atoms with Crippen LogP contribution in [0.2, 0.25) is 0 Å². The first-order valence-electron chi connectivity index (χ1n) is 10.8. The van der Waals surface area contributed by atoms with Crippen LogP contribution in [-0.2, 0) is 30.6 Å². The first kappa shape index (κ1) is 27.2. The second-order valence-electron chi connectivity index (χ2n) is 8.10. The Labute approximate surface area is 206 Å². The molecular formula is C21H28N3O9PS. The second kappa shape index (κ2) is 11.6. The maximum atomic E-state index is 12.3. The van der Waals surface area contributed by atoms with Gasteiger partial charge in [-0.15, -0.1) is 0 Å². The predicted octanol–water partition coefficient (Wildman–Crippen LogP) is 0.406. The molecule has 14 heteroatoms. The number of aliphatic hydroxyl groups is 2. The molecule has 0 bridgehead atoms. The summed E-state index contributed by atoms with van der Waals surface area (Å²) in [7, 11) is 0. The highest BCUT2D eigenvalue weighted by Gasteiger charge is 2.45. The number of aromatic amines is 1. The molecule has 0 aliphatic carbocycles. The summed E-state index contributed by atoms with van der Waals surface area (Å²) in [6.07, 6.45) is -4.50. The van der Waals surface area contributed by atoms with Crippen LogP contribution in [0.15, 0.2) is 52.2 Å². The van der Waals surface area contributed by atoms with Crippen molar-refractivity contribution in [3.63, 3.8) is 0 Å². The number of benzene rings is 1. The number of rotatable bonds is 10. The number of ether oxygens (including phenoxy) is 2. The Hall–Kier alpha value is -2.38. The molecule has 0 radical (unpaired) electrons. The number of aliphatic hydroxyl groups excluding tert-OH is 2. The lowest BCUT2D eigenvalue weighted by Crippen LogP contribution is -2.38. The second-order valence-corrected chi connectivity index (χ2v) is 11.2. The minimum Gasteiger partial charge on any atom is -0.462 e. The normalized spacial score (nSPS) is 24.6. The summed E-state index contributed by atoms with van der Waals surface area (Å²) in [5, 5.41) is 23.8. The minimum atomic E-state index is -3.41. The summed E-state index contributed by atoms with van der Waals surface area (Å²) in [5.74, 6) is -0.169. The zero-order valence-electron chi connectivity index (χ0n) is 19.3. The minimum absolute atomic E-state index is 0.336. The van der Waals surface area contributed by atoms with Crippen molar-refractivity contribution < 1.29 is 33.5 Å². The van der Waals surface area contributed by atoms with Crippen LogP contribution in [0.1, 0.15) is 27.0 Å². The fourth-order valence-electron chi connectivity index (χ4n) is 3.23. The third-order valence-corrected chi connectivity index (χ3v) is 7.40. The van der Waals surface area contributed by atoms with Gasteiger partial charge in [0, 0.05) is 12.3 Å². The van der Waals surface area contributed by atoms with Crippen LogP contribution in [0.25, 0.3) is 0 Å². The van der Waals surface area contributed by atoms with E-state index >= 15 is 0 Å². The monoisotopic (exact) mass is 529 g/mol. The zero-order valence-corrected chi connectivity index (χ0v) is 21.0. The van der Waals surface area contributed by atoms with Gasteiger partial charge in [0.15, 0.2) is 6.23 Å². The molecule has 0 saturated carbocycles. The van der Waals surface area contributed by atoms with Crippen LogP contribution in [0.3, 0.4) is 0 Å². The van der Waals surface area contributed by atoms with Crippen molar-refractivity contribution in [2.45, 2.75) is 57.5 Å². The Morgan fingerprint density at radius 1 is 1.20 bits per heavy atom. The van der Waals surface area contributed by atoms with E-state index in [1.54, 1.807) is 51.1 Å².